The maximum atomic E-state index is 11.8. The Morgan fingerprint density at radius 2 is 1.40 bits per heavy atom. The molecule has 0 unspecified atom stereocenters. The smallest absolute Gasteiger partial charge is 0.184 e. The van der Waals surface area contributed by atoms with Crippen LogP contribution in [0.5, 0.6) is 0 Å². The molecule has 0 heterocycles. The van der Waals surface area contributed by atoms with E-state index in [1.54, 1.807) is 0 Å². The Hall–Kier alpha value is -1.18. The first-order valence-corrected chi connectivity index (χ1v) is 5.26. The van der Waals surface area contributed by atoms with Gasteiger partial charge in [0.05, 0.1) is 6.04 Å². The summed E-state index contributed by atoms with van der Waals surface area (Å²) in [6, 6.07) is 0.0766. The van der Waals surface area contributed by atoms with Crippen molar-refractivity contribution in [2.24, 2.45) is 4.99 Å². The minimum Gasteiger partial charge on any atom is -0.289 e. The molecule has 1 rings (SSSR count). The summed E-state index contributed by atoms with van der Waals surface area (Å²) >= 11 is 0. The van der Waals surface area contributed by atoms with Crippen LogP contribution >= 0.6 is 0 Å². The number of nitrogens with zero attached hydrogens (tertiary/aromatic N) is 1. The molecule has 2 heteroatoms. The molecule has 0 saturated heterocycles. The molecular formula is C13H19NO. The Balaban J connectivity index is 3.28. The molecule has 0 saturated carbocycles. The molecule has 0 aromatic heterocycles. The van der Waals surface area contributed by atoms with Gasteiger partial charge in [0.1, 0.15) is 0 Å². The van der Waals surface area contributed by atoms with Gasteiger partial charge in [0, 0.05) is 5.71 Å². The van der Waals surface area contributed by atoms with Gasteiger partial charge in [0.15, 0.2) is 5.78 Å². The van der Waals surface area contributed by atoms with Crippen LogP contribution in [0.2, 0.25) is 0 Å². The van der Waals surface area contributed by atoms with Crippen molar-refractivity contribution in [1.82, 2.24) is 0 Å². The van der Waals surface area contributed by atoms with E-state index in [1.807, 2.05) is 41.5 Å². The normalized spacial score (nSPS) is 18.7. The van der Waals surface area contributed by atoms with Gasteiger partial charge in [0.2, 0.25) is 0 Å². The van der Waals surface area contributed by atoms with E-state index >= 15 is 0 Å². The van der Waals surface area contributed by atoms with Crippen molar-refractivity contribution in [3.05, 3.63) is 22.3 Å². The Bertz CT molecular complexity index is 365. The van der Waals surface area contributed by atoms with Crippen LogP contribution in [0.4, 0.5) is 0 Å². The van der Waals surface area contributed by atoms with Gasteiger partial charge >= 0.3 is 0 Å². The third-order valence-corrected chi connectivity index (χ3v) is 3.07. The molecule has 0 aliphatic heterocycles. The second-order valence-corrected chi connectivity index (χ2v) is 4.42. The molecule has 0 aromatic rings. The van der Waals surface area contributed by atoms with E-state index in [4.69, 9.17) is 0 Å². The predicted octanol–water partition coefficient (Wildman–Crippen LogP) is 3.09. The van der Waals surface area contributed by atoms with Crippen LogP contribution in [-0.4, -0.2) is 17.5 Å². The zero-order valence-corrected chi connectivity index (χ0v) is 10.4. The van der Waals surface area contributed by atoms with E-state index in [9.17, 15) is 4.79 Å². The lowest BCUT2D eigenvalue weighted by molar-refractivity contribution is -0.112. The molecule has 0 fully saturated rings. The number of carbonyl (C=O) groups excluding carboxylic acids is 1. The fraction of sp³-hybridized carbons (Fsp3) is 0.538. The van der Waals surface area contributed by atoms with E-state index in [0.717, 1.165) is 28.0 Å². The topological polar surface area (TPSA) is 29.4 Å². The minimum atomic E-state index is 0.0766. The summed E-state index contributed by atoms with van der Waals surface area (Å²) in [4.78, 5) is 16.4. The summed E-state index contributed by atoms with van der Waals surface area (Å²) in [6.07, 6.45) is 0. The van der Waals surface area contributed by atoms with E-state index < -0.39 is 0 Å². The number of aliphatic imine (C=N–C) groups is 1. The highest BCUT2D eigenvalue weighted by molar-refractivity contribution is 6.10. The van der Waals surface area contributed by atoms with Crippen LogP contribution < -0.4 is 0 Å². The third kappa shape index (κ3) is 2.09. The van der Waals surface area contributed by atoms with Crippen LogP contribution in [0, 0.1) is 0 Å². The molecule has 1 aliphatic carbocycles. The maximum Gasteiger partial charge on any atom is 0.184 e. The zero-order chi connectivity index (χ0) is 11.7. The molecular weight excluding hydrogens is 186 g/mol. The highest BCUT2D eigenvalue weighted by Crippen LogP contribution is 2.29. The van der Waals surface area contributed by atoms with Crippen molar-refractivity contribution < 1.29 is 4.79 Å². The predicted molar refractivity (Wildman–Crippen MR) is 64.3 cm³/mol. The summed E-state index contributed by atoms with van der Waals surface area (Å²) in [7, 11) is 0. The van der Waals surface area contributed by atoms with Gasteiger partial charge in [-0.1, -0.05) is 0 Å². The molecule has 15 heavy (non-hydrogen) atoms. The van der Waals surface area contributed by atoms with Crippen LogP contribution in [-0.2, 0) is 4.79 Å². The molecule has 2 nitrogen and oxygen atoms in total. The number of ketones is 1. The molecule has 0 atom stereocenters. The number of carbonyl (C=O) groups is 1. The highest BCUT2D eigenvalue weighted by atomic mass is 16.1. The van der Waals surface area contributed by atoms with E-state index in [1.165, 1.54) is 0 Å². The van der Waals surface area contributed by atoms with E-state index in [-0.39, 0.29) is 11.8 Å². The third-order valence-electron chi connectivity index (χ3n) is 3.07. The summed E-state index contributed by atoms with van der Waals surface area (Å²) in [6.45, 7) is 11.8. The molecule has 0 aromatic carbocycles. The van der Waals surface area contributed by atoms with Crippen molar-refractivity contribution in [2.45, 2.75) is 47.6 Å². The SMILES string of the molecule is CC(C)=NC1C(C)=C(C)C(=O)C(C)=C1C. The summed E-state index contributed by atoms with van der Waals surface area (Å²) in [5.41, 5.74) is 4.93. The largest absolute Gasteiger partial charge is 0.289 e. The van der Waals surface area contributed by atoms with Crippen molar-refractivity contribution in [3.63, 3.8) is 0 Å². The number of Topliss-reactive ketones (excluding diaryl/α,β-unsaturated/α-hetero) is 1. The van der Waals surface area contributed by atoms with Crippen molar-refractivity contribution in [2.75, 3.05) is 0 Å². The highest BCUT2D eigenvalue weighted by Gasteiger charge is 2.26. The second kappa shape index (κ2) is 4.13. The molecule has 0 spiro atoms. The Morgan fingerprint density at radius 3 is 1.73 bits per heavy atom. The summed E-state index contributed by atoms with van der Waals surface area (Å²) < 4.78 is 0. The number of allylic oxidation sites excluding steroid dienone is 2. The molecule has 0 N–H and O–H groups in total. The fourth-order valence-corrected chi connectivity index (χ4v) is 1.83. The van der Waals surface area contributed by atoms with Crippen molar-refractivity contribution in [3.8, 4) is 0 Å². The van der Waals surface area contributed by atoms with Crippen LogP contribution in [0.25, 0.3) is 0 Å². The van der Waals surface area contributed by atoms with Gasteiger partial charge in [0.25, 0.3) is 0 Å². The average molecular weight is 205 g/mol. The number of rotatable bonds is 1. The van der Waals surface area contributed by atoms with Crippen LogP contribution in [0.15, 0.2) is 27.3 Å². The minimum absolute atomic E-state index is 0.0766. The standard InChI is InChI=1S/C13H19NO/c1-7(2)14-12-8(3)10(5)13(15)11(6)9(12)4/h12H,1-6H3. The molecule has 0 radical (unpaired) electrons. The molecule has 1 aliphatic rings. The first kappa shape index (κ1) is 11.9. The van der Waals surface area contributed by atoms with Crippen LogP contribution in [0.1, 0.15) is 41.5 Å². The Labute approximate surface area is 91.8 Å². The van der Waals surface area contributed by atoms with Crippen molar-refractivity contribution >= 4 is 11.5 Å². The lowest BCUT2D eigenvalue weighted by Gasteiger charge is -2.24. The van der Waals surface area contributed by atoms with Gasteiger partial charge in [-0.25, -0.2) is 0 Å². The first-order chi connectivity index (χ1) is 6.86. The van der Waals surface area contributed by atoms with Crippen LogP contribution in [0.3, 0.4) is 0 Å². The monoisotopic (exact) mass is 205 g/mol. The fourth-order valence-electron chi connectivity index (χ4n) is 1.83. The number of hydrogen-bond acceptors (Lipinski definition) is 2. The van der Waals surface area contributed by atoms with E-state index in [2.05, 4.69) is 4.99 Å². The lowest BCUT2D eigenvalue weighted by Crippen LogP contribution is -2.22. The summed E-state index contributed by atoms with van der Waals surface area (Å²) in [5, 5.41) is 0. The molecule has 82 valence electrons. The van der Waals surface area contributed by atoms with Gasteiger partial charge in [-0.3, -0.25) is 9.79 Å². The van der Waals surface area contributed by atoms with E-state index in [0.29, 0.717) is 0 Å². The van der Waals surface area contributed by atoms with Gasteiger partial charge in [-0.2, -0.15) is 0 Å². The van der Waals surface area contributed by atoms with Crippen molar-refractivity contribution in [1.29, 1.82) is 0 Å². The quantitative estimate of drug-likeness (QED) is 0.605. The molecule has 0 amide bonds. The van der Waals surface area contributed by atoms with Gasteiger partial charge in [-0.05, 0) is 63.8 Å². The summed E-state index contributed by atoms with van der Waals surface area (Å²) in [5.74, 6) is 0.171. The molecule has 0 bridgehead atoms. The van der Waals surface area contributed by atoms with Gasteiger partial charge in [-0.15, -0.1) is 0 Å². The average Bonchev–Trinajstić information content (AvgIpc) is 2.18. The van der Waals surface area contributed by atoms with Gasteiger partial charge < -0.3 is 0 Å². The number of hydrogen-bond donors (Lipinski definition) is 0. The Kier molecular flexibility index (Phi) is 3.28. The first-order valence-electron chi connectivity index (χ1n) is 5.26. The second-order valence-electron chi connectivity index (χ2n) is 4.42. The Morgan fingerprint density at radius 1 is 1.00 bits per heavy atom. The maximum absolute atomic E-state index is 11.8. The lowest BCUT2D eigenvalue weighted by atomic mass is 9.84. The zero-order valence-electron chi connectivity index (χ0n) is 10.4.